The molecule has 0 aliphatic carbocycles. The number of carbonyl (C=O) groups excluding carboxylic acids is 1. The van der Waals surface area contributed by atoms with E-state index in [0.29, 0.717) is 32.1 Å². The van der Waals surface area contributed by atoms with Crippen LogP contribution in [0.1, 0.15) is 0 Å². The number of benzene rings is 1. The Bertz CT molecular complexity index is 823. The zero-order chi connectivity index (χ0) is 14.9. The number of thioether (sulfide) groups is 1. The van der Waals surface area contributed by atoms with E-state index >= 15 is 0 Å². The second kappa shape index (κ2) is 5.86. The van der Waals surface area contributed by atoms with Gasteiger partial charge in [-0.25, -0.2) is 0 Å². The van der Waals surface area contributed by atoms with E-state index < -0.39 is 0 Å². The lowest BCUT2D eigenvalue weighted by Gasteiger charge is -2.26. The molecule has 6 nitrogen and oxygen atoms in total. The van der Waals surface area contributed by atoms with Gasteiger partial charge in [-0.1, -0.05) is 35.2 Å². The third-order valence-electron chi connectivity index (χ3n) is 3.60. The molecule has 114 valence electrons. The number of thiazole rings is 1. The van der Waals surface area contributed by atoms with Crippen LogP contribution in [0.4, 0.5) is 0 Å². The molecular weight excluding hydrogens is 320 g/mol. The van der Waals surface area contributed by atoms with Crippen LogP contribution in [0, 0.1) is 0 Å². The van der Waals surface area contributed by atoms with Crippen LogP contribution in [0.2, 0.25) is 0 Å². The van der Waals surface area contributed by atoms with Crippen molar-refractivity contribution in [2.45, 2.75) is 5.16 Å². The van der Waals surface area contributed by atoms with Crippen molar-refractivity contribution >= 4 is 44.2 Å². The topological polar surface area (TPSA) is 59.7 Å². The lowest BCUT2D eigenvalue weighted by Crippen LogP contribution is -2.41. The fourth-order valence-electron chi connectivity index (χ4n) is 2.48. The molecule has 1 aliphatic heterocycles. The fraction of sp³-hybridized carbons (Fsp3) is 0.357. The molecule has 1 amide bonds. The Morgan fingerprint density at radius 3 is 2.95 bits per heavy atom. The van der Waals surface area contributed by atoms with Gasteiger partial charge in [0, 0.05) is 13.1 Å². The van der Waals surface area contributed by atoms with Gasteiger partial charge in [0.25, 0.3) is 0 Å². The molecule has 1 aromatic carbocycles. The number of carbonyl (C=O) groups is 1. The summed E-state index contributed by atoms with van der Waals surface area (Å²) in [6.45, 7) is 2.60. The molecule has 3 heterocycles. The van der Waals surface area contributed by atoms with Crippen molar-refractivity contribution in [2.75, 3.05) is 32.1 Å². The molecule has 0 atom stereocenters. The van der Waals surface area contributed by atoms with Crippen LogP contribution in [0.25, 0.3) is 15.2 Å². The van der Waals surface area contributed by atoms with Gasteiger partial charge < -0.3 is 9.64 Å². The molecule has 1 aliphatic rings. The van der Waals surface area contributed by atoms with Gasteiger partial charge in [-0.05, 0) is 12.1 Å². The summed E-state index contributed by atoms with van der Waals surface area (Å²) in [4.78, 5) is 14.9. The number of amides is 1. The van der Waals surface area contributed by atoms with Gasteiger partial charge in [-0.15, -0.1) is 10.2 Å². The Hall–Kier alpha value is -1.64. The predicted molar refractivity (Wildman–Crippen MR) is 86.5 cm³/mol. The minimum Gasteiger partial charge on any atom is -0.378 e. The molecular formula is C14H14N4O2S2. The van der Waals surface area contributed by atoms with Crippen LogP contribution in [-0.4, -0.2) is 57.5 Å². The van der Waals surface area contributed by atoms with E-state index in [9.17, 15) is 4.79 Å². The van der Waals surface area contributed by atoms with E-state index in [4.69, 9.17) is 4.74 Å². The molecule has 0 N–H and O–H groups in total. The number of morpholine rings is 1. The summed E-state index contributed by atoms with van der Waals surface area (Å²) in [7, 11) is 0. The highest BCUT2D eigenvalue weighted by Gasteiger charge is 2.19. The summed E-state index contributed by atoms with van der Waals surface area (Å²) in [6, 6.07) is 8.14. The fourth-order valence-corrected chi connectivity index (χ4v) is 4.35. The molecule has 3 aromatic rings. The highest BCUT2D eigenvalue weighted by Crippen LogP contribution is 2.29. The maximum atomic E-state index is 12.2. The standard InChI is InChI=1S/C14H14N4O2S2/c19-12(17-5-7-20-8-6-17)9-21-13-15-16-14-18(13)10-3-1-2-4-11(10)22-14/h1-4H,5-9H2. The van der Waals surface area contributed by atoms with Gasteiger partial charge in [-0.3, -0.25) is 9.20 Å². The Morgan fingerprint density at radius 2 is 2.09 bits per heavy atom. The molecule has 4 rings (SSSR count). The summed E-state index contributed by atoms with van der Waals surface area (Å²) in [5.41, 5.74) is 1.09. The first-order chi connectivity index (χ1) is 10.8. The normalized spacial score (nSPS) is 15.7. The van der Waals surface area contributed by atoms with Crippen molar-refractivity contribution in [1.29, 1.82) is 0 Å². The number of fused-ring (bicyclic) bond motifs is 3. The van der Waals surface area contributed by atoms with Crippen molar-refractivity contribution < 1.29 is 9.53 Å². The third-order valence-corrected chi connectivity index (χ3v) is 5.53. The number of ether oxygens (including phenoxy) is 1. The Balaban J connectivity index is 1.55. The van der Waals surface area contributed by atoms with Crippen LogP contribution in [0.5, 0.6) is 0 Å². The number of hydrogen-bond donors (Lipinski definition) is 0. The van der Waals surface area contributed by atoms with Gasteiger partial charge in [0.15, 0.2) is 5.16 Å². The largest absolute Gasteiger partial charge is 0.378 e. The molecule has 0 radical (unpaired) electrons. The Labute approximate surface area is 135 Å². The Morgan fingerprint density at radius 1 is 1.27 bits per heavy atom. The monoisotopic (exact) mass is 334 g/mol. The van der Waals surface area contributed by atoms with E-state index in [1.54, 1.807) is 11.3 Å². The van der Waals surface area contributed by atoms with Crippen molar-refractivity contribution in [1.82, 2.24) is 19.5 Å². The first-order valence-electron chi connectivity index (χ1n) is 7.04. The van der Waals surface area contributed by atoms with E-state index in [1.807, 2.05) is 21.4 Å². The van der Waals surface area contributed by atoms with Gasteiger partial charge in [0.1, 0.15) is 0 Å². The summed E-state index contributed by atoms with van der Waals surface area (Å²) < 4.78 is 8.47. The lowest BCUT2D eigenvalue weighted by molar-refractivity contribution is -0.132. The van der Waals surface area contributed by atoms with Crippen LogP contribution in [0.3, 0.4) is 0 Å². The number of para-hydroxylation sites is 1. The average molecular weight is 334 g/mol. The van der Waals surface area contributed by atoms with E-state index in [0.717, 1.165) is 15.6 Å². The average Bonchev–Trinajstić information content (AvgIpc) is 3.12. The van der Waals surface area contributed by atoms with Crippen molar-refractivity contribution in [3.8, 4) is 0 Å². The number of aromatic nitrogens is 3. The molecule has 0 saturated carbocycles. The second-order valence-corrected chi connectivity index (χ2v) is 6.90. The summed E-state index contributed by atoms with van der Waals surface area (Å²) in [5.74, 6) is 0.509. The molecule has 1 fully saturated rings. The van der Waals surface area contributed by atoms with Gasteiger partial charge in [0.05, 0.1) is 29.2 Å². The van der Waals surface area contributed by atoms with Gasteiger partial charge in [-0.2, -0.15) is 0 Å². The van der Waals surface area contributed by atoms with Crippen LogP contribution < -0.4 is 0 Å². The smallest absolute Gasteiger partial charge is 0.233 e. The molecule has 1 saturated heterocycles. The molecule has 0 spiro atoms. The third kappa shape index (κ3) is 2.47. The van der Waals surface area contributed by atoms with Crippen LogP contribution in [-0.2, 0) is 9.53 Å². The van der Waals surface area contributed by atoms with Crippen LogP contribution >= 0.6 is 23.1 Å². The molecule has 0 bridgehead atoms. The highest BCUT2D eigenvalue weighted by molar-refractivity contribution is 7.99. The van der Waals surface area contributed by atoms with E-state index in [2.05, 4.69) is 22.3 Å². The second-order valence-electron chi connectivity index (χ2n) is 4.95. The van der Waals surface area contributed by atoms with Crippen molar-refractivity contribution in [3.05, 3.63) is 24.3 Å². The zero-order valence-corrected chi connectivity index (χ0v) is 13.4. The first kappa shape index (κ1) is 14.0. The Kier molecular flexibility index (Phi) is 3.73. The summed E-state index contributed by atoms with van der Waals surface area (Å²) in [5, 5.41) is 9.20. The lowest BCUT2D eigenvalue weighted by atomic mass is 10.3. The minimum atomic E-state index is 0.129. The highest BCUT2D eigenvalue weighted by atomic mass is 32.2. The predicted octanol–water partition coefficient (Wildman–Crippen LogP) is 1.89. The maximum Gasteiger partial charge on any atom is 0.233 e. The quantitative estimate of drug-likeness (QED) is 0.685. The van der Waals surface area contributed by atoms with Crippen molar-refractivity contribution in [3.63, 3.8) is 0 Å². The van der Waals surface area contributed by atoms with Gasteiger partial charge >= 0.3 is 0 Å². The number of nitrogens with zero attached hydrogens (tertiary/aromatic N) is 4. The SMILES string of the molecule is O=C(CSc1nnc2sc3ccccc3n12)N1CCOCC1. The zero-order valence-electron chi connectivity index (χ0n) is 11.8. The summed E-state index contributed by atoms with van der Waals surface area (Å²) >= 11 is 3.05. The minimum absolute atomic E-state index is 0.129. The first-order valence-corrected chi connectivity index (χ1v) is 8.84. The molecule has 0 unspecified atom stereocenters. The molecule has 8 heteroatoms. The van der Waals surface area contributed by atoms with Gasteiger partial charge in [0.2, 0.25) is 10.9 Å². The number of hydrogen-bond acceptors (Lipinski definition) is 6. The van der Waals surface area contributed by atoms with Crippen molar-refractivity contribution in [2.24, 2.45) is 0 Å². The molecule has 2 aromatic heterocycles. The molecule has 22 heavy (non-hydrogen) atoms. The number of rotatable bonds is 3. The van der Waals surface area contributed by atoms with E-state index in [-0.39, 0.29) is 5.91 Å². The summed E-state index contributed by atoms with van der Waals surface area (Å²) in [6.07, 6.45) is 0. The van der Waals surface area contributed by atoms with E-state index in [1.165, 1.54) is 16.5 Å². The van der Waals surface area contributed by atoms with Crippen LogP contribution in [0.15, 0.2) is 29.4 Å². The maximum absolute atomic E-state index is 12.2.